The summed E-state index contributed by atoms with van der Waals surface area (Å²) in [5.41, 5.74) is 2.62. The normalized spacial score (nSPS) is 10.3. The van der Waals surface area contributed by atoms with Gasteiger partial charge in [0.15, 0.2) is 0 Å². The highest BCUT2D eigenvalue weighted by atomic mass is 79.9. The number of esters is 1. The van der Waals surface area contributed by atoms with Crippen molar-refractivity contribution in [2.75, 3.05) is 7.11 Å². The molecule has 0 saturated heterocycles. The molecule has 6 heteroatoms. The van der Waals surface area contributed by atoms with Gasteiger partial charge in [0.1, 0.15) is 5.15 Å². The van der Waals surface area contributed by atoms with Gasteiger partial charge in [-0.2, -0.15) is 0 Å². The zero-order chi connectivity index (χ0) is 14.0. The summed E-state index contributed by atoms with van der Waals surface area (Å²) in [5, 5.41) is 0.356. The van der Waals surface area contributed by atoms with Crippen LogP contribution in [-0.4, -0.2) is 23.0 Å². The van der Waals surface area contributed by atoms with Crippen molar-refractivity contribution in [1.82, 2.24) is 9.97 Å². The van der Waals surface area contributed by atoms with Gasteiger partial charge in [0, 0.05) is 22.4 Å². The number of halogens is 2. The van der Waals surface area contributed by atoms with Crippen LogP contribution in [0.2, 0.25) is 5.15 Å². The van der Waals surface area contributed by atoms with Crippen molar-refractivity contribution >= 4 is 33.5 Å². The Morgan fingerprint density at radius 3 is 2.79 bits per heavy atom. The standard InChI is InChI=1S/C13H10BrClN2O2/c1-7-12(14)11(8-3-4-16-10(15)5-8)9(6-17-7)13(18)19-2/h3-6H,1-2H3. The Balaban J connectivity index is 2.73. The molecule has 0 radical (unpaired) electrons. The van der Waals surface area contributed by atoms with E-state index >= 15 is 0 Å². The van der Waals surface area contributed by atoms with Gasteiger partial charge in [-0.15, -0.1) is 0 Å². The maximum Gasteiger partial charge on any atom is 0.340 e. The van der Waals surface area contributed by atoms with E-state index in [1.807, 2.05) is 6.92 Å². The number of nitrogens with zero attached hydrogens (tertiary/aromatic N) is 2. The van der Waals surface area contributed by atoms with Crippen LogP contribution in [0.1, 0.15) is 16.1 Å². The number of pyridine rings is 2. The Morgan fingerprint density at radius 2 is 2.16 bits per heavy atom. The molecule has 2 aromatic rings. The lowest BCUT2D eigenvalue weighted by atomic mass is 10.0. The minimum Gasteiger partial charge on any atom is -0.465 e. The number of methoxy groups -OCH3 is 1. The quantitative estimate of drug-likeness (QED) is 0.618. The molecule has 4 nitrogen and oxygen atoms in total. The Hall–Kier alpha value is -1.46. The molecule has 0 aliphatic carbocycles. The van der Waals surface area contributed by atoms with Crippen LogP contribution < -0.4 is 0 Å². The molecule has 0 bridgehead atoms. The van der Waals surface area contributed by atoms with Crippen LogP contribution in [0.25, 0.3) is 11.1 Å². The minimum atomic E-state index is -0.448. The molecule has 2 heterocycles. The molecule has 0 unspecified atom stereocenters. The Kier molecular flexibility index (Phi) is 4.17. The average molecular weight is 342 g/mol. The number of carbonyl (C=O) groups excluding carboxylic acids is 1. The first-order valence-corrected chi connectivity index (χ1v) is 6.57. The summed E-state index contributed by atoms with van der Waals surface area (Å²) in [6.45, 7) is 1.84. The monoisotopic (exact) mass is 340 g/mol. The highest BCUT2D eigenvalue weighted by molar-refractivity contribution is 9.10. The molecule has 0 fully saturated rings. The van der Waals surface area contributed by atoms with Crippen LogP contribution in [0.5, 0.6) is 0 Å². The molecule has 0 saturated carbocycles. The molecule has 98 valence electrons. The molecular formula is C13H10BrClN2O2. The molecule has 2 rings (SSSR count). The molecule has 2 aromatic heterocycles. The number of hydrogen-bond donors (Lipinski definition) is 0. The SMILES string of the molecule is COC(=O)c1cnc(C)c(Br)c1-c1ccnc(Cl)c1. The predicted molar refractivity (Wildman–Crippen MR) is 76.3 cm³/mol. The fourth-order valence-corrected chi connectivity index (χ4v) is 2.41. The zero-order valence-corrected chi connectivity index (χ0v) is 12.6. The molecule has 0 N–H and O–H groups in total. The van der Waals surface area contributed by atoms with Gasteiger partial charge < -0.3 is 4.74 Å². The molecular weight excluding hydrogens is 332 g/mol. The Morgan fingerprint density at radius 1 is 1.42 bits per heavy atom. The molecule has 19 heavy (non-hydrogen) atoms. The summed E-state index contributed by atoms with van der Waals surface area (Å²) in [7, 11) is 1.33. The van der Waals surface area contributed by atoms with Gasteiger partial charge in [0.2, 0.25) is 0 Å². The highest BCUT2D eigenvalue weighted by Gasteiger charge is 2.18. The van der Waals surface area contributed by atoms with E-state index in [4.69, 9.17) is 16.3 Å². The number of aryl methyl sites for hydroxylation is 1. The maximum atomic E-state index is 11.8. The summed E-state index contributed by atoms with van der Waals surface area (Å²) < 4.78 is 5.51. The molecule has 0 aromatic carbocycles. The fraction of sp³-hybridized carbons (Fsp3) is 0.154. The van der Waals surface area contributed by atoms with E-state index in [1.165, 1.54) is 13.3 Å². The van der Waals surface area contributed by atoms with Crippen molar-refractivity contribution in [2.24, 2.45) is 0 Å². The second-order valence-electron chi connectivity index (χ2n) is 3.81. The maximum absolute atomic E-state index is 11.8. The van der Waals surface area contributed by atoms with Crippen molar-refractivity contribution in [3.8, 4) is 11.1 Å². The van der Waals surface area contributed by atoms with E-state index in [1.54, 1.807) is 18.3 Å². The van der Waals surface area contributed by atoms with Gasteiger partial charge in [0.05, 0.1) is 18.4 Å². The molecule has 0 amide bonds. The lowest BCUT2D eigenvalue weighted by Crippen LogP contribution is -2.06. The lowest BCUT2D eigenvalue weighted by Gasteiger charge is -2.12. The van der Waals surface area contributed by atoms with Crippen LogP contribution in [0.15, 0.2) is 29.0 Å². The lowest BCUT2D eigenvalue weighted by molar-refractivity contribution is 0.0601. The Bertz CT molecular complexity index is 647. The average Bonchev–Trinajstić information content (AvgIpc) is 2.40. The van der Waals surface area contributed by atoms with E-state index in [-0.39, 0.29) is 0 Å². The van der Waals surface area contributed by atoms with Crippen molar-refractivity contribution in [2.45, 2.75) is 6.92 Å². The second-order valence-corrected chi connectivity index (χ2v) is 4.99. The largest absolute Gasteiger partial charge is 0.465 e. The van der Waals surface area contributed by atoms with E-state index in [9.17, 15) is 4.79 Å². The van der Waals surface area contributed by atoms with Crippen molar-refractivity contribution in [1.29, 1.82) is 0 Å². The fourth-order valence-electron chi connectivity index (χ4n) is 1.69. The topological polar surface area (TPSA) is 52.1 Å². The summed E-state index contributed by atoms with van der Waals surface area (Å²) >= 11 is 9.35. The highest BCUT2D eigenvalue weighted by Crippen LogP contribution is 2.34. The second kappa shape index (κ2) is 5.67. The molecule has 0 aliphatic rings. The van der Waals surface area contributed by atoms with Gasteiger partial charge in [-0.1, -0.05) is 11.6 Å². The summed E-state index contributed by atoms with van der Waals surface area (Å²) in [6, 6.07) is 3.46. The number of aromatic nitrogens is 2. The van der Waals surface area contributed by atoms with E-state index in [2.05, 4.69) is 25.9 Å². The first kappa shape index (κ1) is 14.0. The van der Waals surface area contributed by atoms with Crippen LogP contribution >= 0.6 is 27.5 Å². The van der Waals surface area contributed by atoms with Crippen molar-refractivity contribution < 1.29 is 9.53 Å². The first-order valence-electron chi connectivity index (χ1n) is 5.40. The van der Waals surface area contributed by atoms with E-state index in [0.29, 0.717) is 16.3 Å². The molecule has 0 spiro atoms. The van der Waals surface area contributed by atoms with Gasteiger partial charge in [-0.25, -0.2) is 9.78 Å². The molecule has 0 atom stereocenters. The van der Waals surface area contributed by atoms with Crippen LogP contribution in [-0.2, 0) is 4.74 Å². The Labute approximate surface area is 123 Å². The third-order valence-corrected chi connectivity index (χ3v) is 3.79. The smallest absolute Gasteiger partial charge is 0.340 e. The van der Waals surface area contributed by atoms with Crippen LogP contribution in [0.4, 0.5) is 0 Å². The van der Waals surface area contributed by atoms with Crippen molar-refractivity contribution in [3.05, 3.63) is 45.4 Å². The van der Waals surface area contributed by atoms with Crippen LogP contribution in [0.3, 0.4) is 0 Å². The summed E-state index contributed by atoms with van der Waals surface area (Å²) in [4.78, 5) is 19.9. The number of rotatable bonds is 2. The minimum absolute atomic E-state index is 0.356. The van der Waals surface area contributed by atoms with Gasteiger partial charge in [-0.05, 0) is 40.5 Å². The third kappa shape index (κ3) is 2.77. The van der Waals surface area contributed by atoms with Gasteiger partial charge in [-0.3, -0.25) is 4.98 Å². The predicted octanol–water partition coefficient (Wildman–Crippen LogP) is 3.65. The number of ether oxygens (including phenoxy) is 1. The number of carbonyl (C=O) groups is 1. The van der Waals surface area contributed by atoms with Crippen LogP contribution in [0, 0.1) is 6.92 Å². The van der Waals surface area contributed by atoms with E-state index in [0.717, 1.165) is 15.7 Å². The number of hydrogen-bond acceptors (Lipinski definition) is 4. The zero-order valence-electron chi connectivity index (χ0n) is 10.3. The summed E-state index contributed by atoms with van der Waals surface area (Å²) in [6.07, 6.45) is 3.08. The van der Waals surface area contributed by atoms with Gasteiger partial charge >= 0.3 is 5.97 Å². The van der Waals surface area contributed by atoms with Gasteiger partial charge in [0.25, 0.3) is 0 Å². The van der Waals surface area contributed by atoms with E-state index < -0.39 is 5.97 Å². The third-order valence-electron chi connectivity index (χ3n) is 2.61. The van der Waals surface area contributed by atoms with Crippen molar-refractivity contribution in [3.63, 3.8) is 0 Å². The first-order chi connectivity index (χ1) is 9.04. The molecule has 0 aliphatic heterocycles. The summed E-state index contributed by atoms with van der Waals surface area (Å²) in [5.74, 6) is -0.448.